The van der Waals surface area contributed by atoms with Gasteiger partial charge in [0.25, 0.3) is 0 Å². The molecule has 45 heavy (non-hydrogen) atoms. The average molecular weight is 607 g/mol. The average Bonchev–Trinajstić information content (AvgIpc) is 3.41. The zero-order chi connectivity index (χ0) is 32.7. The molecule has 0 radical (unpaired) electrons. The lowest BCUT2D eigenvalue weighted by atomic mass is 9.84. The summed E-state index contributed by atoms with van der Waals surface area (Å²) in [6.45, 7) is 15.8. The summed E-state index contributed by atoms with van der Waals surface area (Å²) in [6, 6.07) is 25.5. The Balaban J connectivity index is 1.65. The number of rotatable bonds is 14. The summed E-state index contributed by atoms with van der Waals surface area (Å²) < 4.78 is 1.96. The van der Waals surface area contributed by atoms with Crippen LogP contribution >= 0.6 is 0 Å². The Morgan fingerprint density at radius 3 is 1.84 bits per heavy atom. The first kappa shape index (κ1) is 33.8. The van der Waals surface area contributed by atoms with Gasteiger partial charge in [0.2, 0.25) is 0 Å². The van der Waals surface area contributed by atoms with E-state index in [0.717, 1.165) is 24.1 Å². The van der Waals surface area contributed by atoms with Crippen molar-refractivity contribution >= 4 is 17.4 Å². The van der Waals surface area contributed by atoms with Crippen LogP contribution in [-0.2, 0) is 29.6 Å². The third-order valence-corrected chi connectivity index (χ3v) is 8.09. The minimum Gasteiger partial charge on any atom is -0.481 e. The number of aliphatic carboxylic acids is 1. The number of hydrogen-bond acceptors (Lipinski definition) is 3. The monoisotopic (exact) mass is 606 g/mol. The minimum absolute atomic E-state index is 0.0341. The largest absolute Gasteiger partial charge is 0.481 e. The number of benzene rings is 3. The molecule has 0 amide bonds. The van der Waals surface area contributed by atoms with Crippen molar-refractivity contribution in [2.24, 2.45) is 11.8 Å². The molecule has 5 heteroatoms. The van der Waals surface area contributed by atoms with E-state index < -0.39 is 5.97 Å². The highest BCUT2D eigenvalue weighted by atomic mass is 16.4. The predicted molar refractivity (Wildman–Crippen MR) is 185 cm³/mol. The highest BCUT2D eigenvalue weighted by Gasteiger charge is 2.25. The van der Waals surface area contributed by atoms with Crippen LogP contribution in [0.5, 0.6) is 0 Å². The van der Waals surface area contributed by atoms with Gasteiger partial charge in [-0.1, -0.05) is 109 Å². The van der Waals surface area contributed by atoms with E-state index in [4.69, 9.17) is 5.11 Å². The van der Waals surface area contributed by atoms with Gasteiger partial charge in [0.1, 0.15) is 0 Å². The highest BCUT2D eigenvalue weighted by molar-refractivity contribution is 6.10. The number of aryl methyl sites for hydroxylation is 1. The van der Waals surface area contributed by atoms with Crippen molar-refractivity contribution in [3.8, 4) is 0 Å². The molecule has 3 aromatic carbocycles. The lowest BCUT2D eigenvalue weighted by Crippen LogP contribution is -2.16. The van der Waals surface area contributed by atoms with Gasteiger partial charge in [-0.15, -0.1) is 0 Å². The van der Waals surface area contributed by atoms with Gasteiger partial charge in [-0.25, -0.2) is 0 Å². The molecule has 0 aliphatic heterocycles. The van der Waals surface area contributed by atoms with E-state index in [9.17, 15) is 9.59 Å². The van der Waals surface area contributed by atoms with Gasteiger partial charge in [-0.3, -0.25) is 9.59 Å². The van der Waals surface area contributed by atoms with Crippen molar-refractivity contribution in [2.45, 2.75) is 92.2 Å². The molecule has 0 saturated heterocycles. The Morgan fingerprint density at radius 2 is 1.36 bits per heavy atom. The summed E-state index contributed by atoms with van der Waals surface area (Å²) >= 11 is 0. The van der Waals surface area contributed by atoms with E-state index in [-0.39, 0.29) is 23.7 Å². The minimum atomic E-state index is -0.810. The van der Waals surface area contributed by atoms with Crippen LogP contribution in [0.25, 0.3) is 0 Å². The van der Waals surface area contributed by atoms with Gasteiger partial charge in [-0.2, -0.15) is 0 Å². The van der Waals surface area contributed by atoms with Crippen molar-refractivity contribution in [1.82, 2.24) is 4.57 Å². The van der Waals surface area contributed by atoms with Crippen LogP contribution in [0.1, 0.15) is 111 Å². The van der Waals surface area contributed by atoms with Crippen LogP contribution in [0.4, 0.5) is 5.69 Å². The molecule has 0 fully saturated rings. The molecule has 1 aromatic heterocycles. The molecular weight excluding hydrogens is 556 g/mol. The maximum atomic E-state index is 14.0. The Hall–Kier alpha value is -4.12. The first-order chi connectivity index (χ1) is 21.3. The fourth-order valence-electron chi connectivity index (χ4n) is 5.90. The van der Waals surface area contributed by atoms with Crippen LogP contribution in [0, 0.1) is 11.8 Å². The molecule has 238 valence electrons. The van der Waals surface area contributed by atoms with Gasteiger partial charge >= 0.3 is 5.97 Å². The molecular formula is C40H50N2O3. The molecule has 5 nitrogen and oxygen atoms in total. The lowest BCUT2D eigenvalue weighted by Gasteiger charge is -2.23. The van der Waals surface area contributed by atoms with Crippen LogP contribution in [0.15, 0.2) is 85.2 Å². The van der Waals surface area contributed by atoms with E-state index >= 15 is 0 Å². The number of aromatic nitrogens is 1. The van der Waals surface area contributed by atoms with E-state index in [1.165, 1.54) is 22.3 Å². The van der Waals surface area contributed by atoms with Crippen LogP contribution in [0.2, 0.25) is 0 Å². The van der Waals surface area contributed by atoms with Crippen molar-refractivity contribution in [1.29, 1.82) is 0 Å². The Morgan fingerprint density at radius 1 is 0.800 bits per heavy atom. The summed E-state index contributed by atoms with van der Waals surface area (Å²) in [5, 5.41) is 12.8. The first-order valence-electron chi connectivity index (χ1n) is 16.3. The van der Waals surface area contributed by atoms with E-state index in [1.807, 2.05) is 41.2 Å². The number of carbonyl (C=O) groups is 2. The van der Waals surface area contributed by atoms with E-state index in [1.54, 1.807) is 0 Å². The number of carbonyl (C=O) groups excluding carboxylic acids is 1. The van der Waals surface area contributed by atoms with E-state index in [0.29, 0.717) is 35.9 Å². The Labute approximate surface area is 269 Å². The molecule has 2 N–H and O–H groups in total. The van der Waals surface area contributed by atoms with Crippen molar-refractivity contribution in [3.05, 3.63) is 124 Å². The maximum absolute atomic E-state index is 14.0. The fraction of sp³-hybridized carbons (Fsp3) is 0.400. The second kappa shape index (κ2) is 14.8. The van der Waals surface area contributed by atoms with Crippen LogP contribution in [0.3, 0.4) is 0 Å². The molecule has 0 bridgehead atoms. The van der Waals surface area contributed by atoms with Gasteiger partial charge < -0.3 is 15.0 Å². The third kappa shape index (κ3) is 9.43. The maximum Gasteiger partial charge on any atom is 0.303 e. The number of hydrogen-bond donors (Lipinski definition) is 2. The number of anilines is 1. The molecule has 0 unspecified atom stereocenters. The molecule has 0 saturated carbocycles. The zero-order valence-electron chi connectivity index (χ0n) is 28.1. The summed E-state index contributed by atoms with van der Waals surface area (Å²) in [5.74, 6) is 0.348. The standard InChI is InChI=1S/C40H50N2O3/c1-27(2)22-29-13-17-31(18-14-29)38(32-19-15-30(16-20-32)23-28(3)4)41-34-11-8-10-33(24-34)39(45)35-25-42(21-9-12-37(43)44)26-36(35)40(5,6)7/h8,10-11,13-20,24-28,38,41H,9,12,21-23H2,1-7H3,(H,43,44). The van der Waals surface area contributed by atoms with E-state index in [2.05, 4.69) is 102 Å². The number of ketones is 1. The normalized spacial score (nSPS) is 11.9. The summed E-state index contributed by atoms with van der Waals surface area (Å²) in [4.78, 5) is 25.0. The molecule has 0 aliphatic rings. The van der Waals surface area contributed by atoms with Gasteiger partial charge in [0, 0.05) is 42.2 Å². The van der Waals surface area contributed by atoms with Crippen LogP contribution < -0.4 is 5.32 Å². The second-order valence-electron chi connectivity index (χ2n) is 14.2. The van der Waals surface area contributed by atoms with Gasteiger partial charge in [0.15, 0.2) is 5.78 Å². The first-order valence-corrected chi connectivity index (χ1v) is 16.3. The number of nitrogens with one attached hydrogen (secondary N) is 1. The third-order valence-electron chi connectivity index (χ3n) is 8.09. The number of carboxylic acids is 1. The van der Waals surface area contributed by atoms with Gasteiger partial charge in [0.05, 0.1) is 6.04 Å². The van der Waals surface area contributed by atoms with Crippen molar-refractivity contribution in [3.63, 3.8) is 0 Å². The SMILES string of the molecule is CC(C)Cc1ccc(C(Nc2cccc(C(=O)c3cn(CCCC(=O)O)cc3C(C)(C)C)c2)c2ccc(CC(C)C)cc2)cc1. The molecule has 0 atom stereocenters. The van der Waals surface area contributed by atoms with Crippen molar-refractivity contribution < 1.29 is 14.7 Å². The van der Waals surface area contributed by atoms with Crippen LogP contribution in [-0.4, -0.2) is 21.4 Å². The summed E-state index contributed by atoms with van der Waals surface area (Å²) in [6.07, 6.45) is 6.58. The zero-order valence-corrected chi connectivity index (χ0v) is 28.1. The Kier molecular flexibility index (Phi) is 11.1. The molecule has 0 spiro atoms. The molecule has 4 aromatic rings. The Bertz CT molecular complexity index is 1520. The van der Waals surface area contributed by atoms with Crippen molar-refractivity contribution in [2.75, 3.05) is 5.32 Å². The highest BCUT2D eigenvalue weighted by Crippen LogP contribution is 2.31. The molecule has 0 aliphatic carbocycles. The fourth-order valence-corrected chi connectivity index (χ4v) is 5.90. The molecule has 1 heterocycles. The van der Waals surface area contributed by atoms with Gasteiger partial charge in [-0.05, 0) is 76.5 Å². The lowest BCUT2D eigenvalue weighted by molar-refractivity contribution is -0.137. The summed E-state index contributed by atoms with van der Waals surface area (Å²) in [7, 11) is 0. The second-order valence-corrected chi connectivity index (χ2v) is 14.2. The quantitative estimate of drug-likeness (QED) is 0.140. The number of nitrogens with zero attached hydrogens (tertiary/aromatic N) is 1. The number of carboxylic acid groups (broad SMARTS) is 1. The predicted octanol–water partition coefficient (Wildman–Crippen LogP) is 9.48. The topological polar surface area (TPSA) is 71.3 Å². The smallest absolute Gasteiger partial charge is 0.303 e. The molecule has 4 rings (SSSR count). The summed E-state index contributed by atoms with van der Waals surface area (Å²) in [5.41, 5.74) is 7.87.